The number of amides is 1. The molecule has 7 nitrogen and oxygen atoms in total. The number of aromatic nitrogens is 1. The molecule has 2 aromatic rings. The maximum atomic E-state index is 12.8. The molecular weight excluding hydrogens is 370 g/mol. The van der Waals surface area contributed by atoms with Crippen LogP contribution >= 0.6 is 0 Å². The molecule has 1 amide bonds. The van der Waals surface area contributed by atoms with E-state index in [-0.39, 0.29) is 5.91 Å². The number of methoxy groups -OCH3 is 3. The first-order valence-corrected chi connectivity index (χ1v) is 9.98. The molecule has 0 bridgehead atoms. The Balaban J connectivity index is 1.74. The highest BCUT2D eigenvalue weighted by Crippen LogP contribution is 2.40. The highest BCUT2D eigenvalue weighted by atomic mass is 16.5. The minimum absolute atomic E-state index is 0.302. The second kappa shape index (κ2) is 10.0. The van der Waals surface area contributed by atoms with E-state index in [2.05, 4.69) is 15.6 Å². The summed E-state index contributed by atoms with van der Waals surface area (Å²) in [6.45, 7) is 0. The smallest absolute Gasteiger partial charge is 0.274 e. The first-order chi connectivity index (χ1) is 14.1. The van der Waals surface area contributed by atoms with Gasteiger partial charge in [0.05, 0.1) is 21.3 Å². The first-order valence-electron chi connectivity index (χ1n) is 9.98. The van der Waals surface area contributed by atoms with Crippen molar-refractivity contribution in [2.45, 2.75) is 44.6 Å². The average Bonchev–Trinajstić information content (AvgIpc) is 3.01. The Morgan fingerprint density at radius 3 is 2.17 bits per heavy atom. The second-order valence-corrected chi connectivity index (χ2v) is 7.13. The summed E-state index contributed by atoms with van der Waals surface area (Å²) in [5.74, 6) is 1.11. The highest BCUT2D eigenvalue weighted by molar-refractivity contribution is 6.03. The molecule has 0 radical (unpaired) electrons. The van der Waals surface area contributed by atoms with Crippen LogP contribution in [0.15, 0.2) is 30.5 Å². The van der Waals surface area contributed by atoms with Crippen LogP contribution in [-0.2, 0) is 0 Å². The van der Waals surface area contributed by atoms with Gasteiger partial charge in [0.1, 0.15) is 5.69 Å². The van der Waals surface area contributed by atoms with Gasteiger partial charge in [0.2, 0.25) is 5.75 Å². The monoisotopic (exact) mass is 399 g/mol. The number of anilines is 2. The Bertz CT molecular complexity index is 808. The van der Waals surface area contributed by atoms with Crippen molar-refractivity contribution in [3.63, 3.8) is 0 Å². The van der Waals surface area contributed by atoms with Crippen LogP contribution in [0.4, 0.5) is 11.4 Å². The summed E-state index contributed by atoms with van der Waals surface area (Å²) in [5, 5.41) is 6.41. The number of carbonyl (C=O) groups is 1. The van der Waals surface area contributed by atoms with Crippen LogP contribution < -0.4 is 24.8 Å². The third-order valence-corrected chi connectivity index (χ3v) is 5.14. The van der Waals surface area contributed by atoms with Gasteiger partial charge in [-0.15, -0.1) is 0 Å². The third-order valence-electron chi connectivity index (χ3n) is 5.14. The molecule has 1 heterocycles. The molecule has 1 fully saturated rings. The number of rotatable bonds is 7. The van der Waals surface area contributed by atoms with Crippen molar-refractivity contribution in [2.75, 3.05) is 32.0 Å². The molecule has 1 aliphatic carbocycles. The van der Waals surface area contributed by atoms with Crippen LogP contribution in [-0.4, -0.2) is 38.3 Å². The van der Waals surface area contributed by atoms with Crippen molar-refractivity contribution < 1.29 is 19.0 Å². The van der Waals surface area contributed by atoms with Crippen molar-refractivity contribution in [3.8, 4) is 17.2 Å². The summed E-state index contributed by atoms with van der Waals surface area (Å²) in [6.07, 6.45) is 9.08. The molecule has 156 valence electrons. The minimum atomic E-state index is -0.302. The summed E-state index contributed by atoms with van der Waals surface area (Å²) in [4.78, 5) is 17.0. The van der Waals surface area contributed by atoms with Crippen LogP contribution in [0.25, 0.3) is 0 Å². The molecule has 1 saturated carbocycles. The van der Waals surface area contributed by atoms with Gasteiger partial charge in [0.25, 0.3) is 5.91 Å². The Hall–Kier alpha value is -2.96. The number of nitrogens with zero attached hydrogens (tertiary/aromatic N) is 1. The maximum absolute atomic E-state index is 12.8. The van der Waals surface area contributed by atoms with E-state index in [1.807, 2.05) is 6.07 Å². The van der Waals surface area contributed by atoms with E-state index in [0.717, 1.165) is 18.5 Å². The largest absolute Gasteiger partial charge is 0.493 e. The minimum Gasteiger partial charge on any atom is -0.493 e. The maximum Gasteiger partial charge on any atom is 0.274 e. The van der Waals surface area contributed by atoms with Crippen LogP contribution in [0, 0.1) is 0 Å². The molecule has 3 rings (SSSR count). The van der Waals surface area contributed by atoms with E-state index >= 15 is 0 Å². The predicted octanol–water partition coefficient (Wildman–Crippen LogP) is 4.49. The molecule has 0 unspecified atom stereocenters. The number of pyridine rings is 1. The van der Waals surface area contributed by atoms with Gasteiger partial charge in [-0.25, -0.2) is 0 Å². The lowest BCUT2D eigenvalue weighted by molar-refractivity contribution is 0.102. The van der Waals surface area contributed by atoms with Gasteiger partial charge in [-0.2, -0.15) is 0 Å². The third kappa shape index (κ3) is 5.31. The summed E-state index contributed by atoms with van der Waals surface area (Å²) < 4.78 is 16.0. The van der Waals surface area contributed by atoms with Gasteiger partial charge in [0.15, 0.2) is 11.5 Å². The molecule has 1 aromatic carbocycles. The summed E-state index contributed by atoms with van der Waals surface area (Å²) in [5.41, 5.74) is 1.80. The molecule has 1 aromatic heterocycles. The number of hydrogen-bond acceptors (Lipinski definition) is 6. The molecule has 0 spiro atoms. The van der Waals surface area contributed by atoms with Gasteiger partial charge >= 0.3 is 0 Å². The Labute approximate surface area is 171 Å². The lowest BCUT2D eigenvalue weighted by Gasteiger charge is -2.18. The lowest BCUT2D eigenvalue weighted by Crippen LogP contribution is -2.19. The normalized spacial score (nSPS) is 14.6. The number of benzene rings is 1. The van der Waals surface area contributed by atoms with Gasteiger partial charge in [-0.1, -0.05) is 25.7 Å². The van der Waals surface area contributed by atoms with E-state index in [1.165, 1.54) is 47.0 Å². The van der Waals surface area contributed by atoms with Crippen LogP contribution in [0.2, 0.25) is 0 Å². The van der Waals surface area contributed by atoms with Gasteiger partial charge in [0, 0.05) is 35.7 Å². The van der Waals surface area contributed by atoms with Crippen molar-refractivity contribution >= 4 is 17.3 Å². The molecular formula is C22H29N3O4. The topological polar surface area (TPSA) is 81.7 Å². The first kappa shape index (κ1) is 20.8. The average molecular weight is 399 g/mol. The SMILES string of the molecule is COc1cc(NC(=O)c2cc(NC3CCCCCC3)ccn2)cc(OC)c1OC. The number of ether oxygens (including phenoxy) is 3. The Morgan fingerprint density at radius 1 is 0.931 bits per heavy atom. The molecule has 0 aliphatic heterocycles. The van der Waals surface area contributed by atoms with E-state index in [0.29, 0.717) is 34.7 Å². The predicted molar refractivity (Wildman–Crippen MR) is 113 cm³/mol. The fraction of sp³-hybridized carbons (Fsp3) is 0.455. The molecule has 7 heteroatoms. The van der Waals surface area contributed by atoms with E-state index in [1.54, 1.807) is 24.4 Å². The van der Waals surface area contributed by atoms with Crippen molar-refractivity contribution in [2.24, 2.45) is 0 Å². The van der Waals surface area contributed by atoms with Crippen LogP contribution in [0.5, 0.6) is 17.2 Å². The number of carbonyl (C=O) groups excluding carboxylic acids is 1. The fourth-order valence-corrected chi connectivity index (χ4v) is 3.65. The van der Waals surface area contributed by atoms with Crippen LogP contribution in [0.1, 0.15) is 49.0 Å². The molecule has 1 aliphatic rings. The van der Waals surface area contributed by atoms with Crippen molar-refractivity contribution in [3.05, 3.63) is 36.2 Å². The molecule has 0 saturated heterocycles. The quantitative estimate of drug-likeness (QED) is 0.668. The molecule has 2 N–H and O–H groups in total. The summed E-state index contributed by atoms with van der Waals surface area (Å²) in [6, 6.07) is 7.52. The Morgan fingerprint density at radius 2 is 1.59 bits per heavy atom. The van der Waals surface area contributed by atoms with Gasteiger partial charge in [-0.05, 0) is 25.0 Å². The van der Waals surface area contributed by atoms with E-state index in [4.69, 9.17) is 14.2 Å². The van der Waals surface area contributed by atoms with E-state index in [9.17, 15) is 4.79 Å². The molecule has 0 atom stereocenters. The van der Waals surface area contributed by atoms with Crippen molar-refractivity contribution in [1.82, 2.24) is 4.98 Å². The second-order valence-electron chi connectivity index (χ2n) is 7.13. The zero-order valence-corrected chi connectivity index (χ0v) is 17.3. The van der Waals surface area contributed by atoms with E-state index < -0.39 is 0 Å². The standard InChI is InChI=1S/C22H29N3O4/c1-27-19-13-17(14-20(28-2)21(19)29-3)25-22(26)18-12-16(10-11-23-18)24-15-8-6-4-5-7-9-15/h10-15H,4-9H2,1-3H3,(H,23,24)(H,25,26). The number of hydrogen-bond donors (Lipinski definition) is 2. The fourth-order valence-electron chi connectivity index (χ4n) is 3.65. The molecule has 29 heavy (non-hydrogen) atoms. The van der Waals surface area contributed by atoms with Gasteiger partial charge < -0.3 is 24.8 Å². The lowest BCUT2D eigenvalue weighted by atomic mass is 10.1. The zero-order chi connectivity index (χ0) is 20.6. The van der Waals surface area contributed by atoms with Crippen LogP contribution in [0.3, 0.4) is 0 Å². The number of nitrogens with one attached hydrogen (secondary N) is 2. The highest BCUT2D eigenvalue weighted by Gasteiger charge is 2.17. The van der Waals surface area contributed by atoms with Crippen molar-refractivity contribution in [1.29, 1.82) is 0 Å². The summed E-state index contributed by atoms with van der Waals surface area (Å²) >= 11 is 0. The Kier molecular flexibility index (Phi) is 7.16. The van der Waals surface area contributed by atoms with Gasteiger partial charge in [-0.3, -0.25) is 9.78 Å². The zero-order valence-electron chi connectivity index (χ0n) is 17.3. The summed E-state index contributed by atoms with van der Waals surface area (Å²) in [7, 11) is 4.61.